The lowest BCUT2D eigenvalue weighted by atomic mass is 10.2. The number of alkyl halides is 3. The van der Waals surface area contributed by atoms with Gasteiger partial charge in [0.15, 0.2) is 0 Å². The average molecular weight is 385 g/mol. The number of hydrogen-bond donors (Lipinski definition) is 1. The fourth-order valence-corrected chi connectivity index (χ4v) is 3.35. The number of anilines is 1. The van der Waals surface area contributed by atoms with Crippen molar-refractivity contribution in [3.8, 4) is 5.75 Å². The predicted octanol–water partition coefficient (Wildman–Crippen LogP) is 4.00. The molecule has 2 heterocycles. The maximum Gasteiger partial charge on any atom is 0.573 e. The molecule has 0 atom stereocenters. The molecule has 1 N–H and O–H groups in total. The zero-order chi connectivity index (χ0) is 18.6. The molecule has 2 aromatic rings. The van der Waals surface area contributed by atoms with Gasteiger partial charge in [0.25, 0.3) is 0 Å². The minimum absolute atomic E-state index is 0.260. The van der Waals surface area contributed by atoms with Crippen molar-refractivity contribution in [1.82, 2.24) is 9.80 Å². The second-order valence-corrected chi connectivity index (χ2v) is 6.68. The van der Waals surface area contributed by atoms with Crippen molar-refractivity contribution < 1.29 is 22.7 Å². The number of hydrogen-bond acceptors (Lipinski definition) is 4. The van der Waals surface area contributed by atoms with Crippen LogP contribution in [0.2, 0.25) is 0 Å². The lowest BCUT2D eigenvalue weighted by molar-refractivity contribution is -0.274. The van der Waals surface area contributed by atoms with E-state index in [1.54, 1.807) is 16.2 Å². The van der Waals surface area contributed by atoms with Gasteiger partial charge in [-0.15, -0.1) is 13.2 Å². The van der Waals surface area contributed by atoms with E-state index in [0.29, 0.717) is 18.8 Å². The molecule has 9 heteroatoms. The van der Waals surface area contributed by atoms with Gasteiger partial charge in [-0.1, -0.05) is 0 Å². The lowest BCUT2D eigenvalue weighted by Gasteiger charge is -2.34. The van der Waals surface area contributed by atoms with E-state index in [1.807, 2.05) is 5.38 Å². The third kappa shape index (κ3) is 5.37. The van der Waals surface area contributed by atoms with Gasteiger partial charge in [0.2, 0.25) is 0 Å². The summed E-state index contributed by atoms with van der Waals surface area (Å²) in [6, 6.07) is 6.93. The largest absolute Gasteiger partial charge is 0.573 e. The average Bonchev–Trinajstić information content (AvgIpc) is 3.09. The van der Waals surface area contributed by atoms with Gasteiger partial charge in [0.05, 0.1) is 0 Å². The van der Waals surface area contributed by atoms with Gasteiger partial charge in [-0.05, 0) is 46.7 Å². The van der Waals surface area contributed by atoms with Crippen molar-refractivity contribution in [2.45, 2.75) is 12.9 Å². The van der Waals surface area contributed by atoms with Gasteiger partial charge in [-0.3, -0.25) is 4.90 Å². The van der Waals surface area contributed by atoms with Crippen LogP contribution in [0.5, 0.6) is 5.75 Å². The number of benzene rings is 1. The Kier molecular flexibility index (Phi) is 5.67. The Labute approximate surface area is 153 Å². The number of carbonyl (C=O) groups excluding carboxylic acids is 1. The SMILES string of the molecule is O=C(Nc1ccc(OC(F)(F)F)cc1)N1CCN(Cc2ccsc2)CC1. The molecule has 0 saturated carbocycles. The third-order valence-corrected chi connectivity index (χ3v) is 4.72. The fraction of sp³-hybridized carbons (Fsp3) is 0.353. The van der Waals surface area contributed by atoms with Crippen molar-refractivity contribution >= 4 is 23.1 Å². The van der Waals surface area contributed by atoms with Crippen molar-refractivity contribution in [3.05, 3.63) is 46.7 Å². The summed E-state index contributed by atoms with van der Waals surface area (Å²) in [4.78, 5) is 16.3. The Balaban J connectivity index is 1.46. The van der Waals surface area contributed by atoms with E-state index >= 15 is 0 Å². The Morgan fingerprint density at radius 2 is 1.81 bits per heavy atom. The van der Waals surface area contributed by atoms with Crippen molar-refractivity contribution in [3.63, 3.8) is 0 Å². The van der Waals surface area contributed by atoms with E-state index in [-0.39, 0.29) is 11.8 Å². The molecule has 26 heavy (non-hydrogen) atoms. The third-order valence-electron chi connectivity index (χ3n) is 3.98. The van der Waals surface area contributed by atoms with E-state index in [9.17, 15) is 18.0 Å². The van der Waals surface area contributed by atoms with E-state index in [1.165, 1.54) is 29.8 Å². The van der Waals surface area contributed by atoms with Gasteiger partial charge < -0.3 is 15.0 Å². The number of rotatable bonds is 4. The molecule has 1 aliphatic rings. The van der Waals surface area contributed by atoms with E-state index in [0.717, 1.165) is 19.6 Å². The number of amides is 2. The molecule has 0 aliphatic carbocycles. The van der Waals surface area contributed by atoms with Gasteiger partial charge in [-0.2, -0.15) is 11.3 Å². The van der Waals surface area contributed by atoms with Crippen LogP contribution >= 0.6 is 11.3 Å². The lowest BCUT2D eigenvalue weighted by Crippen LogP contribution is -2.49. The van der Waals surface area contributed by atoms with Crippen LogP contribution in [0.1, 0.15) is 5.56 Å². The van der Waals surface area contributed by atoms with E-state index in [4.69, 9.17) is 0 Å². The van der Waals surface area contributed by atoms with E-state index in [2.05, 4.69) is 26.4 Å². The number of piperazine rings is 1. The maximum atomic E-state index is 12.3. The summed E-state index contributed by atoms with van der Waals surface area (Å²) < 4.78 is 40.2. The first-order chi connectivity index (χ1) is 12.4. The normalized spacial score (nSPS) is 15.7. The Bertz CT molecular complexity index is 712. The topological polar surface area (TPSA) is 44.8 Å². The molecule has 140 valence electrons. The van der Waals surface area contributed by atoms with Gasteiger partial charge >= 0.3 is 12.4 Å². The first-order valence-corrected chi connectivity index (χ1v) is 8.98. The highest BCUT2D eigenvalue weighted by Gasteiger charge is 2.31. The molecule has 1 saturated heterocycles. The monoisotopic (exact) mass is 385 g/mol. The molecule has 1 aromatic carbocycles. The molecule has 0 bridgehead atoms. The second-order valence-electron chi connectivity index (χ2n) is 5.90. The Morgan fingerprint density at radius 3 is 2.38 bits per heavy atom. The smallest absolute Gasteiger partial charge is 0.406 e. The predicted molar refractivity (Wildman–Crippen MR) is 93.3 cm³/mol. The van der Waals surface area contributed by atoms with Crippen molar-refractivity contribution in [2.75, 3.05) is 31.5 Å². The molecule has 0 spiro atoms. The minimum atomic E-state index is -4.73. The van der Waals surface area contributed by atoms with Gasteiger partial charge in [0, 0.05) is 38.4 Å². The zero-order valence-corrected chi connectivity index (χ0v) is 14.6. The molecule has 5 nitrogen and oxygen atoms in total. The highest BCUT2D eigenvalue weighted by atomic mass is 32.1. The summed E-state index contributed by atoms with van der Waals surface area (Å²) in [5.74, 6) is -0.322. The highest BCUT2D eigenvalue weighted by molar-refractivity contribution is 7.07. The summed E-state index contributed by atoms with van der Waals surface area (Å²) in [5, 5.41) is 6.86. The molecular formula is C17H18F3N3O2S. The van der Waals surface area contributed by atoms with Crippen LogP contribution in [-0.4, -0.2) is 48.4 Å². The van der Waals surface area contributed by atoms with Crippen LogP contribution in [0.15, 0.2) is 41.1 Å². The van der Waals surface area contributed by atoms with Crippen molar-refractivity contribution in [1.29, 1.82) is 0 Å². The van der Waals surface area contributed by atoms with Crippen LogP contribution < -0.4 is 10.1 Å². The number of nitrogens with one attached hydrogen (secondary N) is 1. The summed E-state index contributed by atoms with van der Waals surface area (Å²) in [6.07, 6.45) is -4.73. The molecular weight excluding hydrogens is 367 g/mol. The summed E-state index contributed by atoms with van der Waals surface area (Å²) in [6.45, 7) is 3.64. The number of halogens is 3. The number of nitrogens with zero attached hydrogens (tertiary/aromatic N) is 2. The Morgan fingerprint density at radius 1 is 1.12 bits per heavy atom. The highest BCUT2D eigenvalue weighted by Crippen LogP contribution is 2.24. The first-order valence-electron chi connectivity index (χ1n) is 8.04. The van der Waals surface area contributed by atoms with Crippen molar-refractivity contribution in [2.24, 2.45) is 0 Å². The molecule has 0 radical (unpaired) electrons. The second kappa shape index (κ2) is 7.96. The molecule has 1 fully saturated rings. The summed E-state index contributed by atoms with van der Waals surface area (Å²) >= 11 is 1.67. The number of thiophene rings is 1. The standard InChI is InChI=1S/C17H18F3N3O2S/c18-17(19,20)25-15-3-1-14(2-4-15)21-16(24)23-8-6-22(7-9-23)11-13-5-10-26-12-13/h1-5,10,12H,6-9,11H2,(H,21,24). The fourth-order valence-electron chi connectivity index (χ4n) is 2.69. The number of ether oxygens (including phenoxy) is 1. The van der Waals surface area contributed by atoms with Gasteiger partial charge in [0.1, 0.15) is 5.75 Å². The first kappa shape index (κ1) is 18.5. The van der Waals surface area contributed by atoms with Crippen LogP contribution in [-0.2, 0) is 6.54 Å². The summed E-state index contributed by atoms with van der Waals surface area (Å²) in [7, 11) is 0. The zero-order valence-electron chi connectivity index (χ0n) is 13.8. The molecule has 1 aliphatic heterocycles. The van der Waals surface area contributed by atoms with E-state index < -0.39 is 6.36 Å². The summed E-state index contributed by atoms with van der Waals surface area (Å²) in [5.41, 5.74) is 1.69. The van der Waals surface area contributed by atoms with Crippen LogP contribution in [0.3, 0.4) is 0 Å². The molecule has 2 amide bonds. The number of carbonyl (C=O) groups is 1. The quantitative estimate of drug-likeness (QED) is 0.865. The number of urea groups is 1. The maximum absolute atomic E-state index is 12.3. The van der Waals surface area contributed by atoms with Gasteiger partial charge in [-0.25, -0.2) is 4.79 Å². The van der Waals surface area contributed by atoms with Crippen LogP contribution in [0.4, 0.5) is 23.7 Å². The van der Waals surface area contributed by atoms with Crippen LogP contribution in [0.25, 0.3) is 0 Å². The molecule has 0 unspecified atom stereocenters. The Hall–Kier alpha value is -2.26. The minimum Gasteiger partial charge on any atom is -0.406 e. The molecule has 1 aromatic heterocycles. The van der Waals surface area contributed by atoms with Crippen LogP contribution in [0, 0.1) is 0 Å². The molecule has 3 rings (SSSR count).